The molecular formula is C20H19N. The van der Waals surface area contributed by atoms with E-state index in [1.165, 1.54) is 27.7 Å². The molecule has 2 aromatic carbocycles. The third kappa shape index (κ3) is 2.55. The molecule has 0 fully saturated rings. The van der Waals surface area contributed by atoms with Gasteiger partial charge in [-0.05, 0) is 18.6 Å². The second-order valence-electron chi connectivity index (χ2n) is 5.16. The molecule has 3 rings (SSSR count). The summed E-state index contributed by atoms with van der Waals surface area (Å²) in [7, 11) is 0. The Hall–Kier alpha value is -2.54. The molecule has 0 aliphatic carbocycles. The number of para-hydroxylation sites is 1. The van der Waals surface area contributed by atoms with Crippen molar-refractivity contribution in [2.45, 2.75) is 13.5 Å². The number of hydrogen-bond donors (Lipinski definition) is 0. The van der Waals surface area contributed by atoms with E-state index >= 15 is 0 Å². The quantitative estimate of drug-likeness (QED) is 0.568. The van der Waals surface area contributed by atoms with E-state index in [0.717, 1.165) is 6.54 Å². The molecule has 0 bridgehead atoms. The van der Waals surface area contributed by atoms with Gasteiger partial charge in [0, 0.05) is 28.7 Å². The van der Waals surface area contributed by atoms with Crippen LogP contribution in [0.2, 0.25) is 0 Å². The summed E-state index contributed by atoms with van der Waals surface area (Å²) in [4.78, 5) is 0. The van der Waals surface area contributed by atoms with Crippen molar-refractivity contribution in [3.63, 3.8) is 0 Å². The average molecular weight is 273 g/mol. The van der Waals surface area contributed by atoms with Crippen LogP contribution in [0.4, 0.5) is 0 Å². The highest BCUT2D eigenvalue weighted by molar-refractivity contribution is 5.93. The van der Waals surface area contributed by atoms with Crippen LogP contribution >= 0.6 is 0 Å². The van der Waals surface area contributed by atoms with Gasteiger partial charge in [-0.25, -0.2) is 0 Å². The summed E-state index contributed by atoms with van der Waals surface area (Å²) in [5, 5.41) is 1.30. The topological polar surface area (TPSA) is 4.93 Å². The first kappa shape index (κ1) is 13.4. The van der Waals surface area contributed by atoms with Crippen LogP contribution in [0.1, 0.15) is 16.8 Å². The van der Waals surface area contributed by atoms with Crippen LogP contribution in [0.3, 0.4) is 0 Å². The first-order chi connectivity index (χ1) is 10.3. The Bertz CT molecular complexity index is 791. The monoisotopic (exact) mass is 273 g/mol. The van der Waals surface area contributed by atoms with Crippen LogP contribution in [-0.4, -0.2) is 4.57 Å². The first-order valence-corrected chi connectivity index (χ1v) is 7.23. The summed E-state index contributed by atoms with van der Waals surface area (Å²) in [6.45, 7) is 6.88. The zero-order chi connectivity index (χ0) is 14.7. The van der Waals surface area contributed by atoms with Crippen molar-refractivity contribution >= 4 is 23.1 Å². The third-order valence-corrected chi connectivity index (χ3v) is 3.83. The number of benzene rings is 2. The lowest BCUT2D eigenvalue weighted by atomic mass is 10.1. The van der Waals surface area contributed by atoms with Crippen LogP contribution in [0, 0.1) is 6.92 Å². The zero-order valence-corrected chi connectivity index (χ0v) is 12.3. The van der Waals surface area contributed by atoms with Gasteiger partial charge < -0.3 is 4.57 Å². The van der Waals surface area contributed by atoms with Crippen LogP contribution in [-0.2, 0) is 6.54 Å². The fourth-order valence-corrected chi connectivity index (χ4v) is 2.78. The molecule has 0 spiro atoms. The lowest BCUT2D eigenvalue weighted by molar-refractivity contribution is 0.828. The Labute approximate surface area is 125 Å². The molecule has 0 aliphatic rings. The molecule has 0 saturated heterocycles. The third-order valence-electron chi connectivity index (χ3n) is 3.83. The molecule has 1 heterocycles. The highest BCUT2D eigenvalue weighted by atomic mass is 15.0. The van der Waals surface area contributed by atoms with Gasteiger partial charge in [0.15, 0.2) is 0 Å². The molecule has 104 valence electrons. The summed E-state index contributed by atoms with van der Waals surface area (Å²) in [5.74, 6) is 0. The van der Waals surface area contributed by atoms with Crippen molar-refractivity contribution in [3.05, 3.63) is 84.1 Å². The van der Waals surface area contributed by atoms with Gasteiger partial charge in [-0.15, -0.1) is 6.58 Å². The normalized spacial score (nSPS) is 11.3. The van der Waals surface area contributed by atoms with Gasteiger partial charge in [0.25, 0.3) is 0 Å². The Kier molecular flexibility index (Phi) is 3.74. The van der Waals surface area contributed by atoms with Crippen molar-refractivity contribution in [2.75, 3.05) is 0 Å². The smallest absolute Gasteiger partial charge is 0.0491 e. The highest BCUT2D eigenvalue weighted by Gasteiger charge is 2.10. The van der Waals surface area contributed by atoms with Gasteiger partial charge in [0.1, 0.15) is 0 Å². The minimum absolute atomic E-state index is 0.839. The number of aromatic nitrogens is 1. The fraction of sp³-hybridized carbons (Fsp3) is 0.100. The zero-order valence-electron chi connectivity index (χ0n) is 12.3. The lowest BCUT2D eigenvalue weighted by Crippen LogP contribution is -1.97. The molecule has 0 saturated carbocycles. The van der Waals surface area contributed by atoms with Gasteiger partial charge in [0.05, 0.1) is 0 Å². The van der Waals surface area contributed by atoms with E-state index in [1.807, 2.05) is 12.1 Å². The van der Waals surface area contributed by atoms with Crippen molar-refractivity contribution in [2.24, 2.45) is 0 Å². The second-order valence-corrected chi connectivity index (χ2v) is 5.16. The van der Waals surface area contributed by atoms with Crippen LogP contribution in [0.25, 0.3) is 23.1 Å². The molecule has 0 radical (unpaired) electrons. The molecule has 1 nitrogen and oxygen atoms in total. The molecule has 0 N–H and O–H groups in total. The van der Waals surface area contributed by atoms with E-state index in [2.05, 4.69) is 78.8 Å². The van der Waals surface area contributed by atoms with Gasteiger partial charge in [0.2, 0.25) is 0 Å². The number of rotatable bonds is 4. The van der Waals surface area contributed by atoms with Gasteiger partial charge in [-0.2, -0.15) is 0 Å². The van der Waals surface area contributed by atoms with Crippen LogP contribution in [0.15, 0.2) is 67.3 Å². The van der Waals surface area contributed by atoms with Crippen molar-refractivity contribution in [3.8, 4) is 0 Å². The van der Waals surface area contributed by atoms with E-state index in [1.54, 1.807) is 0 Å². The molecule has 0 atom stereocenters. The molecule has 1 heteroatoms. The molecule has 0 amide bonds. The molecule has 0 aliphatic heterocycles. The van der Waals surface area contributed by atoms with E-state index in [4.69, 9.17) is 0 Å². The van der Waals surface area contributed by atoms with Gasteiger partial charge in [-0.3, -0.25) is 0 Å². The Balaban J connectivity index is 2.12. The summed E-state index contributed by atoms with van der Waals surface area (Å²) < 4.78 is 2.31. The summed E-state index contributed by atoms with van der Waals surface area (Å²) >= 11 is 0. The fourth-order valence-electron chi connectivity index (χ4n) is 2.78. The predicted octanol–water partition coefficient (Wildman–Crippen LogP) is 5.31. The number of allylic oxidation sites excluding steroid dienone is 1. The minimum atomic E-state index is 0.839. The maximum absolute atomic E-state index is 3.87. The second kappa shape index (κ2) is 5.84. The molecule has 1 aromatic heterocycles. The lowest BCUT2D eigenvalue weighted by Gasteiger charge is -2.04. The maximum Gasteiger partial charge on any atom is 0.0491 e. The first-order valence-electron chi connectivity index (χ1n) is 7.23. The van der Waals surface area contributed by atoms with E-state index < -0.39 is 0 Å². The highest BCUT2D eigenvalue weighted by Crippen LogP contribution is 2.27. The molecule has 3 aromatic rings. The Morgan fingerprint density at radius 3 is 2.43 bits per heavy atom. The average Bonchev–Trinajstić information content (AvgIpc) is 2.79. The summed E-state index contributed by atoms with van der Waals surface area (Å²) in [6.07, 6.45) is 6.34. The van der Waals surface area contributed by atoms with Crippen molar-refractivity contribution in [1.29, 1.82) is 0 Å². The largest absolute Gasteiger partial charge is 0.340 e. The SMILES string of the molecule is C=CCn1c(C)c(/C=C/c2ccccc2)c2ccccc21. The van der Waals surface area contributed by atoms with E-state index in [9.17, 15) is 0 Å². The van der Waals surface area contributed by atoms with Crippen molar-refractivity contribution < 1.29 is 0 Å². The van der Waals surface area contributed by atoms with E-state index in [-0.39, 0.29) is 0 Å². The van der Waals surface area contributed by atoms with Crippen molar-refractivity contribution in [1.82, 2.24) is 4.57 Å². The van der Waals surface area contributed by atoms with Gasteiger partial charge in [-0.1, -0.05) is 66.8 Å². The standard InChI is InChI=1S/C20H19N/c1-3-15-21-16(2)18(19-11-7-8-12-20(19)21)14-13-17-9-5-4-6-10-17/h3-14H,1,15H2,2H3/b14-13+. The van der Waals surface area contributed by atoms with Crippen LogP contribution < -0.4 is 0 Å². The molecular weight excluding hydrogens is 254 g/mol. The minimum Gasteiger partial charge on any atom is -0.340 e. The predicted molar refractivity (Wildman–Crippen MR) is 92.2 cm³/mol. The number of fused-ring (bicyclic) bond motifs is 1. The Morgan fingerprint density at radius 2 is 1.67 bits per heavy atom. The summed E-state index contributed by atoms with van der Waals surface area (Å²) in [5.41, 5.74) is 5.06. The summed E-state index contributed by atoms with van der Waals surface area (Å²) in [6, 6.07) is 19.0. The number of nitrogens with zero attached hydrogens (tertiary/aromatic N) is 1. The maximum atomic E-state index is 3.87. The van der Waals surface area contributed by atoms with E-state index in [0.29, 0.717) is 0 Å². The Morgan fingerprint density at radius 1 is 0.952 bits per heavy atom. The van der Waals surface area contributed by atoms with Crippen LogP contribution in [0.5, 0.6) is 0 Å². The molecule has 0 unspecified atom stereocenters. The molecule has 21 heavy (non-hydrogen) atoms. The van der Waals surface area contributed by atoms with Gasteiger partial charge >= 0.3 is 0 Å². The number of hydrogen-bond acceptors (Lipinski definition) is 0.